The molecule has 2 N–H and O–H groups in total. The summed E-state index contributed by atoms with van der Waals surface area (Å²) < 4.78 is 0. The summed E-state index contributed by atoms with van der Waals surface area (Å²) in [6, 6.07) is -0.0148. The molecule has 84 valence electrons. The Kier molecular flexibility index (Phi) is 5.35. The summed E-state index contributed by atoms with van der Waals surface area (Å²) in [7, 11) is 0. The molecule has 14 heavy (non-hydrogen) atoms. The highest BCUT2D eigenvalue weighted by atomic mass is 16.1. The van der Waals surface area contributed by atoms with Gasteiger partial charge in [-0.25, -0.2) is 0 Å². The first-order valence-corrected chi connectivity index (χ1v) is 5.54. The number of carbonyl (C=O) groups is 1. The molecule has 0 amide bonds. The van der Waals surface area contributed by atoms with E-state index in [9.17, 15) is 4.79 Å². The van der Waals surface area contributed by atoms with Crippen LogP contribution in [-0.4, -0.2) is 11.8 Å². The van der Waals surface area contributed by atoms with Crippen LogP contribution in [0.15, 0.2) is 0 Å². The molecule has 0 aliphatic rings. The number of hydrogen-bond acceptors (Lipinski definition) is 2. The largest absolute Gasteiger partial charge is 0.327 e. The molecule has 0 heterocycles. The molecule has 0 bridgehead atoms. The van der Waals surface area contributed by atoms with Crippen LogP contribution < -0.4 is 5.73 Å². The van der Waals surface area contributed by atoms with Gasteiger partial charge in [0.1, 0.15) is 5.78 Å². The number of rotatable bonds is 5. The Morgan fingerprint density at radius 3 is 2.14 bits per heavy atom. The molecule has 0 saturated carbocycles. The fraction of sp³-hybridized carbons (Fsp3) is 0.917. The zero-order valence-electron chi connectivity index (χ0n) is 10.3. The van der Waals surface area contributed by atoms with Crippen LogP contribution in [0.2, 0.25) is 0 Å². The summed E-state index contributed by atoms with van der Waals surface area (Å²) in [5.41, 5.74) is 5.98. The number of hydrogen-bond donors (Lipinski definition) is 1. The van der Waals surface area contributed by atoms with Gasteiger partial charge in [-0.2, -0.15) is 0 Å². The van der Waals surface area contributed by atoms with Gasteiger partial charge >= 0.3 is 0 Å². The Morgan fingerprint density at radius 1 is 1.29 bits per heavy atom. The molecular weight excluding hydrogens is 174 g/mol. The van der Waals surface area contributed by atoms with Crippen molar-refractivity contribution in [3.63, 3.8) is 0 Å². The maximum atomic E-state index is 11.6. The predicted molar refractivity (Wildman–Crippen MR) is 61.1 cm³/mol. The first kappa shape index (κ1) is 13.6. The normalized spacial score (nSPS) is 16.4. The van der Waals surface area contributed by atoms with Crippen molar-refractivity contribution < 1.29 is 4.79 Å². The average molecular weight is 199 g/mol. The van der Waals surface area contributed by atoms with E-state index in [0.29, 0.717) is 24.5 Å². The van der Waals surface area contributed by atoms with Crippen LogP contribution in [0, 0.1) is 11.3 Å². The summed E-state index contributed by atoms with van der Waals surface area (Å²) >= 11 is 0. The van der Waals surface area contributed by atoms with Crippen LogP contribution in [0.25, 0.3) is 0 Å². The van der Waals surface area contributed by atoms with E-state index in [0.717, 1.165) is 6.42 Å². The minimum Gasteiger partial charge on any atom is -0.327 e. The number of ketones is 1. The Morgan fingerprint density at radius 2 is 1.79 bits per heavy atom. The summed E-state index contributed by atoms with van der Waals surface area (Å²) in [5, 5.41) is 0. The highest BCUT2D eigenvalue weighted by Gasteiger charge is 2.23. The second kappa shape index (κ2) is 5.50. The highest BCUT2D eigenvalue weighted by molar-refractivity contribution is 5.79. The molecule has 0 aliphatic heterocycles. The summed E-state index contributed by atoms with van der Waals surface area (Å²) in [6.45, 7) is 10.5. The molecule has 2 nitrogen and oxygen atoms in total. The lowest BCUT2D eigenvalue weighted by atomic mass is 9.83. The van der Waals surface area contributed by atoms with Crippen LogP contribution in [-0.2, 0) is 4.79 Å². The summed E-state index contributed by atoms with van der Waals surface area (Å²) in [6.07, 6.45) is 2.27. The van der Waals surface area contributed by atoms with E-state index < -0.39 is 0 Å². The van der Waals surface area contributed by atoms with Gasteiger partial charge in [0.15, 0.2) is 0 Å². The molecule has 2 heteroatoms. The highest BCUT2D eigenvalue weighted by Crippen LogP contribution is 2.21. The number of nitrogens with two attached hydrogens (primary N) is 1. The second-order valence-electron chi connectivity index (χ2n) is 5.43. The van der Waals surface area contributed by atoms with Crippen molar-refractivity contribution >= 4 is 5.78 Å². The molecule has 0 aromatic carbocycles. The van der Waals surface area contributed by atoms with Crippen molar-refractivity contribution in [1.82, 2.24) is 0 Å². The first-order valence-electron chi connectivity index (χ1n) is 5.54. The van der Waals surface area contributed by atoms with E-state index in [1.54, 1.807) is 0 Å². The van der Waals surface area contributed by atoms with Gasteiger partial charge in [0.25, 0.3) is 0 Å². The van der Waals surface area contributed by atoms with Gasteiger partial charge in [-0.15, -0.1) is 0 Å². The van der Waals surface area contributed by atoms with Gasteiger partial charge < -0.3 is 5.73 Å². The van der Waals surface area contributed by atoms with Gasteiger partial charge in [0, 0.05) is 18.9 Å². The maximum Gasteiger partial charge on any atom is 0.134 e. The smallest absolute Gasteiger partial charge is 0.134 e. The van der Waals surface area contributed by atoms with E-state index in [1.165, 1.54) is 0 Å². The summed E-state index contributed by atoms with van der Waals surface area (Å²) in [4.78, 5) is 11.6. The van der Waals surface area contributed by atoms with Crippen molar-refractivity contribution in [2.75, 3.05) is 0 Å². The van der Waals surface area contributed by atoms with E-state index in [2.05, 4.69) is 34.6 Å². The number of carbonyl (C=O) groups excluding carboxylic acids is 1. The van der Waals surface area contributed by atoms with Crippen molar-refractivity contribution in [2.45, 2.75) is 59.9 Å². The van der Waals surface area contributed by atoms with Gasteiger partial charge in [0.2, 0.25) is 0 Å². The fourth-order valence-corrected chi connectivity index (χ4v) is 1.17. The number of Topliss-reactive ketones (excluding diaryl/α,β-unsaturated/α-hetero) is 1. The predicted octanol–water partition coefficient (Wildman–Crippen LogP) is 2.76. The second-order valence-corrected chi connectivity index (χ2v) is 5.43. The Bertz CT molecular complexity index is 181. The molecule has 2 unspecified atom stereocenters. The van der Waals surface area contributed by atoms with Crippen LogP contribution in [0.1, 0.15) is 53.9 Å². The third kappa shape index (κ3) is 5.38. The minimum absolute atomic E-state index is 0.0148. The van der Waals surface area contributed by atoms with Gasteiger partial charge in [0.05, 0.1) is 0 Å². The SMILES string of the molecule is CCC(C)CC(=O)CC(N)C(C)(C)C. The third-order valence-electron chi connectivity index (χ3n) is 2.83. The lowest BCUT2D eigenvalue weighted by Gasteiger charge is -2.26. The third-order valence-corrected chi connectivity index (χ3v) is 2.83. The minimum atomic E-state index is -0.0148. The lowest BCUT2D eigenvalue weighted by Crippen LogP contribution is -2.37. The zero-order chi connectivity index (χ0) is 11.4. The van der Waals surface area contributed by atoms with Crippen LogP contribution in [0.5, 0.6) is 0 Å². The average Bonchev–Trinajstić information content (AvgIpc) is 2.02. The molecule has 0 saturated heterocycles. The molecule has 0 aromatic rings. The molecule has 0 radical (unpaired) electrons. The molecule has 0 rings (SSSR count). The summed E-state index contributed by atoms with van der Waals surface area (Å²) in [5.74, 6) is 0.802. The lowest BCUT2D eigenvalue weighted by molar-refractivity contribution is -0.120. The fourth-order valence-electron chi connectivity index (χ4n) is 1.17. The molecule has 0 aliphatic carbocycles. The molecule has 2 atom stereocenters. The van der Waals surface area contributed by atoms with Crippen molar-refractivity contribution in [1.29, 1.82) is 0 Å². The van der Waals surface area contributed by atoms with Crippen molar-refractivity contribution in [3.05, 3.63) is 0 Å². The quantitative estimate of drug-likeness (QED) is 0.740. The maximum absolute atomic E-state index is 11.6. The Labute approximate surface area is 88.3 Å². The van der Waals surface area contributed by atoms with Crippen molar-refractivity contribution in [3.8, 4) is 0 Å². The van der Waals surface area contributed by atoms with Crippen LogP contribution >= 0.6 is 0 Å². The van der Waals surface area contributed by atoms with E-state index in [4.69, 9.17) is 5.73 Å². The Balaban J connectivity index is 3.95. The standard InChI is InChI=1S/C12H25NO/c1-6-9(2)7-10(14)8-11(13)12(3,4)5/h9,11H,6-8,13H2,1-5H3. The Hall–Kier alpha value is -0.370. The molecule has 0 aromatic heterocycles. The monoisotopic (exact) mass is 199 g/mol. The van der Waals surface area contributed by atoms with Gasteiger partial charge in [-0.05, 0) is 11.3 Å². The molecular formula is C12H25NO. The molecule has 0 fully saturated rings. The molecule has 0 spiro atoms. The van der Waals surface area contributed by atoms with E-state index >= 15 is 0 Å². The van der Waals surface area contributed by atoms with Gasteiger partial charge in [-0.3, -0.25) is 4.79 Å². The van der Waals surface area contributed by atoms with E-state index in [1.807, 2.05) is 0 Å². The zero-order valence-corrected chi connectivity index (χ0v) is 10.3. The van der Waals surface area contributed by atoms with E-state index in [-0.39, 0.29) is 11.5 Å². The first-order chi connectivity index (χ1) is 6.27. The van der Waals surface area contributed by atoms with Crippen LogP contribution in [0.3, 0.4) is 0 Å². The van der Waals surface area contributed by atoms with Crippen LogP contribution in [0.4, 0.5) is 0 Å². The topological polar surface area (TPSA) is 43.1 Å². The van der Waals surface area contributed by atoms with Crippen molar-refractivity contribution in [2.24, 2.45) is 17.1 Å². The van der Waals surface area contributed by atoms with Gasteiger partial charge in [-0.1, -0.05) is 41.0 Å².